The maximum atomic E-state index is 12.8. The van der Waals surface area contributed by atoms with Gasteiger partial charge < -0.3 is 0 Å². The van der Waals surface area contributed by atoms with E-state index in [0.29, 0.717) is 5.56 Å². The molecule has 0 aromatic heterocycles. The number of rotatable bonds is 3. The largest absolute Gasteiger partial charge is 0.294 e. The number of halogens is 2. The zero-order chi connectivity index (χ0) is 13.1. The van der Waals surface area contributed by atoms with Crippen molar-refractivity contribution in [2.24, 2.45) is 0 Å². The van der Waals surface area contributed by atoms with Crippen LogP contribution in [-0.4, -0.2) is 5.78 Å². The third kappa shape index (κ3) is 2.67. The molecule has 0 amide bonds. The van der Waals surface area contributed by atoms with Gasteiger partial charge in [-0.2, -0.15) is 0 Å². The molecule has 0 saturated heterocycles. The SMILES string of the molecule is CC(C(=O)c1ccc(F)cc1)c1ccccc1Br. The standard InChI is InChI=1S/C15H12BrFO/c1-10(13-4-2-3-5-14(13)16)15(18)11-6-8-12(17)9-7-11/h2-10H,1H3. The van der Waals surface area contributed by atoms with Crippen LogP contribution < -0.4 is 0 Å². The zero-order valence-electron chi connectivity index (χ0n) is 9.86. The second-order valence-corrected chi connectivity index (χ2v) is 4.97. The minimum Gasteiger partial charge on any atom is -0.294 e. The molecule has 0 spiro atoms. The Hall–Kier alpha value is -1.48. The lowest BCUT2D eigenvalue weighted by molar-refractivity contribution is 0.0966. The highest BCUT2D eigenvalue weighted by atomic mass is 79.9. The Balaban J connectivity index is 2.29. The van der Waals surface area contributed by atoms with Crippen molar-refractivity contribution in [3.05, 3.63) is 69.9 Å². The number of ketones is 1. The first kappa shape index (κ1) is 13.0. The van der Waals surface area contributed by atoms with E-state index >= 15 is 0 Å². The molecular formula is C15H12BrFO. The summed E-state index contributed by atoms with van der Waals surface area (Å²) in [6, 6.07) is 13.3. The second kappa shape index (κ2) is 5.44. The summed E-state index contributed by atoms with van der Waals surface area (Å²) < 4.78 is 13.7. The number of carbonyl (C=O) groups is 1. The number of carbonyl (C=O) groups excluding carboxylic acids is 1. The number of benzene rings is 2. The Bertz CT molecular complexity index is 563. The van der Waals surface area contributed by atoms with Gasteiger partial charge in [0.05, 0.1) is 0 Å². The summed E-state index contributed by atoms with van der Waals surface area (Å²) >= 11 is 3.44. The van der Waals surface area contributed by atoms with E-state index in [1.807, 2.05) is 31.2 Å². The molecule has 1 nitrogen and oxygen atoms in total. The molecule has 0 aliphatic rings. The summed E-state index contributed by atoms with van der Waals surface area (Å²) in [5.74, 6) is -0.604. The fraction of sp³-hybridized carbons (Fsp3) is 0.133. The molecule has 18 heavy (non-hydrogen) atoms. The molecule has 1 atom stereocenters. The van der Waals surface area contributed by atoms with E-state index in [9.17, 15) is 9.18 Å². The highest BCUT2D eigenvalue weighted by Crippen LogP contribution is 2.27. The van der Waals surface area contributed by atoms with E-state index < -0.39 is 0 Å². The van der Waals surface area contributed by atoms with Crippen LogP contribution in [0.1, 0.15) is 28.8 Å². The third-order valence-corrected chi connectivity index (χ3v) is 3.62. The van der Waals surface area contributed by atoms with Crippen molar-refractivity contribution in [3.8, 4) is 0 Å². The minimum atomic E-state index is -0.333. The Morgan fingerprint density at radius 1 is 1.11 bits per heavy atom. The summed E-state index contributed by atoms with van der Waals surface area (Å²) in [6.45, 7) is 1.85. The van der Waals surface area contributed by atoms with Crippen molar-refractivity contribution in [1.29, 1.82) is 0 Å². The van der Waals surface area contributed by atoms with Crippen LogP contribution in [0.15, 0.2) is 53.0 Å². The predicted molar refractivity (Wildman–Crippen MR) is 73.3 cm³/mol. The van der Waals surface area contributed by atoms with Crippen molar-refractivity contribution < 1.29 is 9.18 Å². The highest BCUT2D eigenvalue weighted by molar-refractivity contribution is 9.10. The van der Waals surface area contributed by atoms with Crippen molar-refractivity contribution in [3.63, 3.8) is 0 Å². The van der Waals surface area contributed by atoms with Gasteiger partial charge in [0.2, 0.25) is 0 Å². The lowest BCUT2D eigenvalue weighted by Crippen LogP contribution is -2.10. The predicted octanol–water partition coefficient (Wildman–Crippen LogP) is 4.57. The molecule has 0 saturated carbocycles. The molecule has 2 aromatic carbocycles. The summed E-state index contributed by atoms with van der Waals surface area (Å²) in [5.41, 5.74) is 1.46. The van der Waals surface area contributed by atoms with Gasteiger partial charge in [-0.15, -0.1) is 0 Å². The maximum absolute atomic E-state index is 12.8. The van der Waals surface area contributed by atoms with Gasteiger partial charge in [-0.25, -0.2) is 4.39 Å². The van der Waals surface area contributed by atoms with E-state index in [-0.39, 0.29) is 17.5 Å². The normalized spacial score (nSPS) is 12.2. The molecule has 0 aliphatic heterocycles. The van der Waals surface area contributed by atoms with E-state index in [1.54, 1.807) is 0 Å². The molecule has 3 heteroatoms. The molecule has 0 bridgehead atoms. The molecular weight excluding hydrogens is 295 g/mol. The Kier molecular flexibility index (Phi) is 3.92. The molecule has 0 aliphatic carbocycles. The Morgan fingerprint density at radius 3 is 2.33 bits per heavy atom. The van der Waals surface area contributed by atoms with Crippen LogP contribution in [0.5, 0.6) is 0 Å². The molecule has 0 heterocycles. The average Bonchev–Trinajstić information content (AvgIpc) is 2.38. The smallest absolute Gasteiger partial charge is 0.170 e. The molecule has 1 unspecified atom stereocenters. The average molecular weight is 307 g/mol. The van der Waals surface area contributed by atoms with E-state index in [4.69, 9.17) is 0 Å². The van der Waals surface area contributed by atoms with Gasteiger partial charge >= 0.3 is 0 Å². The minimum absolute atomic E-state index is 0.0121. The molecule has 0 radical (unpaired) electrons. The first-order valence-electron chi connectivity index (χ1n) is 5.64. The first-order valence-corrected chi connectivity index (χ1v) is 6.43. The monoisotopic (exact) mass is 306 g/mol. The van der Waals surface area contributed by atoms with Crippen molar-refractivity contribution in [2.45, 2.75) is 12.8 Å². The van der Waals surface area contributed by atoms with Gasteiger partial charge in [-0.1, -0.05) is 41.1 Å². The topological polar surface area (TPSA) is 17.1 Å². The van der Waals surface area contributed by atoms with Crippen LogP contribution in [0.4, 0.5) is 4.39 Å². The summed E-state index contributed by atoms with van der Waals surface area (Å²) in [7, 11) is 0. The van der Waals surface area contributed by atoms with Crippen LogP contribution in [0.2, 0.25) is 0 Å². The van der Waals surface area contributed by atoms with Gasteiger partial charge in [0.1, 0.15) is 5.82 Å². The van der Waals surface area contributed by atoms with Crippen molar-refractivity contribution >= 4 is 21.7 Å². The number of Topliss-reactive ketones (excluding diaryl/α,β-unsaturated/α-hetero) is 1. The van der Waals surface area contributed by atoms with Crippen molar-refractivity contribution in [2.75, 3.05) is 0 Å². The van der Waals surface area contributed by atoms with Crippen LogP contribution in [-0.2, 0) is 0 Å². The lowest BCUT2D eigenvalue weighted by atomic mass is 9.92. The quantitative estimate of drug-likeness (QED) is 0.759. The molecule has 92 valence electrons. The van der Waals surface area contributed by atoms with Gasteiger partial charge in [0.25, 0.3) is 0 Å². The van der Waals surface area contributed by atoms with Crippen LogP contribution in [0.25, 0.3) is 0 Å². The summed E-state index contributed by atoms with van der Waals surface area (Å²) in [4.78, 5) is 12.3. The number of hydrogen-bond donors (Lipinski definition) is 0. The van der Waals surface area contributed by atoms with E-state index in [0.717, 1.165) is 10.0 Å². The van der Waals surface area contributed by atoms with Crippen LogP contribution >= 0.6 is 15.9 Å². The fourth-order valence-electron chi connectivity index (χ4n) is 1.83. The van der Waals surface area contributed by atoms with E-state index in [2.05, 4.69) is 15.9 Å². The maximum Gasteiger partial charge on any atom is 0.170 e. The van der Waals surface area contributed by atoms with Gasteiger partial charge in [0.15, 0.2) is 5.78 Å². The second-order valence-electron chi connectivity index (χ2n) is 4.11. The Labute approximate surface area is 114 Å². The fourth-order valence-corrected chi connectivity index (χ4v) is 2.46. The zero-order valence-corrected chi connectivity index (χ0v) is 11.4. The Morgan fingerprint density at radius 2 is 1.72 bits per heavy atom. The van der Waals surface area contributed by atoms with Gasteiger partial charge in [0, 0.05) is 16.0 Å². The van der Waals surface area contributed by atoms with Gasteiger partial charge in [-0.3, -0.25) is 4.79 Å². The first-order chi connectivity index (χ1) is 8.59. The lowest BCUT2D eigenvalue weighted by Gasteiger charge is -2.12. The molecule has 2 rings (SSSR count). The van der Waals surface area contributed by atoms with E-state index in [1.165, 1.54) is 24.3 Å². The van der Waals surface area contributed by atoms with Gasteiger partial charge in [-0.05, 0) is 35.9 Å². The summed E-state index contributed by atoms with van der Waals surface area (Å²) in [5, 5.41) is 0. The molecule has 0 N–H and O–H groups in total. The molecule has 2 aromatic rings. The molecule has 0 fully saturated rings. The highest BCUT2D eigenvalue weighted by Gasteiger charge is 2.18. The summed E-state index contributed by atoms with van der Waals surface area (Å²) in [6.07, 6.45) is 0. The van der Waals surface area contributed by atoms with Crippen molar-refractivity contribution in [1.82, 2.24) is 0 Å². The van der Waals surface area contributed by atoms with Crippen LogP contribution in [0, 0.1) is 5.82 Å². The third-order valence-electron chi connectivity index (χ3n) is 2.89. The van der Waals surface area contributed by atoms with Crippen LogP contribution in [0.3, 0.4) is 0 Å². The number of hydrogen-bond acceptors (Lipinski definition) is 1.